The summed E-state index contributed by atoms with van der Waals surface area (Å²) in [5.41, 5.74) is 0.699. The minimum absolute atomic E-state index is 0.00255. The Balaban J connectivity index is 2.30. The lowest BCUT2D eigenvalue weighted by molar-refractivity contribution is -0.387. The van der Waals surface area contributed by atoms with E-state index in [2.05, 4.69) is 9.46 Å². The number of methoxy groups -OCH3 is 1. The van der Waals surface area contributed by atoms with Gasteiger partial charge in [-0.15, -0.1) is 0 Å². The average Bonchev–Trinajstić information content (AvgIpc) is 2.61. The number of carbonyl (C=O) groups is 1. The number of carbonyl (C=O) groups excluding carboxylic acids is 1. The summed E-state index contributed by atoms with van der Waals surface area (Å²) in [4.78, 5) is 21.9. The van der Waals surface area contributed by atoms with Gasteiger partial charge in [0.1, 0.15) is 4.90 Å². The van der Waals surface area contributed by atoms with Gasteiger partial charge in [-0.25, -0.2) is 9.00 Å². The second-order valence-corrected chi connectivity index (χ2v) is 5.84. The fraction of sp³-hybridized carbons (Fsp3) is 0.133. The predicted octanol–water partition coefficient (Wildman–Crippen LogP) is 2.01. The Morgan fingerprint density at radius 3 is 2.50 bits per heavy atom. The minimum atomic E-state index is -1.90. The number of aliphatic hydroxyl groups excluding tert-OH is 1. The first-order valence-corrected chi connectivity index (χ1v) is 7.86. The molecule has 8 nitrogen and oxygen atoms in total. The topological polar surface area (TPSA) is 119 Å². The Morgan fingerprint density at radius 1 is 1.29 bits per heavy atom. The highest BCUT2D eigenvalue weighted by molar-refractivity contribution is 7.86. The van der Waals surface area contributed by atoms with Crippen LogP contribution in [0, 0.1) is 10.1 Å². The van der Waals surface area contributed by atoms with Crippen LogP contribution in [0.2, 0.25) is 0 Å². The molecule has 2 rings (SSSR count). The van der Waals surface area contributed by atoms with Gasteiger partial charge in [-0.3, -0.25) is 10.1 Å². The Bertz CT molecular complexity index is 791. The van der Waals surface area contributed by atoms with Crippen molar-refractivity contribution in [3.8, 4) is 0 Å². The lowest BCUT2D eigenvalue weighted by Gasteiger charge is -2.08. The molecule has 0 radical (unpaired) electrons. The van der Waals surface area contributed by atoms with Crippen molar-refractivity contribution in [1.82, 2.24) is 0 Å². The molecule has 0 saturated heterocycles. The molecule has 1 unspecified atom stereocenters. The van der Waals surface area contributed by atoms with Gasteiger partial charge >= 0.3 is 5.97 Å². The van der Waals surface area contributed by atoms with Crippen molar-refractivity contribution in [3.05, 3.63) is 63.7 Å². The van der Waals surface area contributed by atoms with E-state index in [-0.39, 0.29) is 17.1 Å². The first-order chi connectivity index (χ1) is 11.5. The number of nitrogens with zero attached hydrogens (tertiary/aromatic N) is 1. The van der Waals surface area contributed by atoms with Crippen LogP contribution in [0.1, 0.15) is 15.9 Å². The number of aliphatic hydroxyl groups is 1. The summed E-state index contributed by atoms with van der Waals surface area (Å²) in [6.45, 7) is -0.121. The lowest BCUT2D eigenvalue weighted by atomic mass is 10.2. The number of rotatable bonds is 6. The van der Waals surface area contributed by atoms with Crippen molar-refractivity contribution in [1.29, 1.82) is 0 Å². The second kappa shape index (κ2) is 7.66. The molecule has 0 aromatic heterocycles. The highest BCUT2D eigenvalue weighted by atomic mass is 32.2. The summed E-state index contributed by atoms with van der Waals surface area (Å²) in [6, 6.07) is 10.0. The molecule has 0 aliphatic heterocycles. The smallest absolute Gasteiger partial charge is 0.338 e. The van der Waals surface area contributed by atoms with Gasteiger partial charge in [0.25, 0.3) is 5.69 Å². The molecule has 0 amide bonds. The maximum absolute atomic E-state index is 12.4. The Hall–Kier alpha value is -2.78. The van der Waals surface area contributed by atoms with Gasteiger partial charge in [-0.2, -0.15) is 0 Å². The van der Waals surface area contributed by atoms with E-state index in [1.807, 2.05) is 0 Å². The van der Waals surface area contributed by atoms with Gasteiger partial charge in [0, 0.05) is 11.8 Å². The molecule has 0 aliphatic rings. The molecule has 0 heterocycles. The molecule has 2 aromatic carbocycles. The third kappa shape index (κ3) is 3.94. The summed E-state index contributed by atoms with van der Waals surface area (Å²) in [6.07, 6.45) is 0. The molecule has 24 heavy (non-hydrogen) atoms. The van der Waals surface area contributed by atoms with Gasteiger partial charge in [-0.05, 0) is 29.8 Å². The van der Waals surface area contributed by atoms with Crippen LogP contribution >= 0.6 is 0 Å². The van der Waals surface area contributed by atoms with Crippen LogP contribution in [-0.4, -0.2) is 27.3 Å². The maximum atomic E-state index is 12.4. The molecule has 1 atom stereocenters. The summed E-state index contributed by atoms with van der Waals surface area (Å²) in [7, 11) is -0.740. The van der Waals surface area contributed by atoms with E-state index in [1.54, 1.807) is 24.3 Å². The van der Waals surface area contributed by atoms with Crippen molar-refractivity contribution in [2.45, 2.75) is 11.5 Å². The molecule has 0 spiro atoms. The normalized spacial score (nSPS) is 11.6. The standard InChI is InChI=1S/C15H14N2O6S/c1-23-15(19)11-4-7-14(13(8-11)17(20)21)24(22)16-12-5-2-10(9-18)3-6-12/h2-8,16,18H,9H2,1H3. The number of nitrogens with one attached hydrogen (secondary N) is 1. The number of hydrogen-bond acceptors (Lipinski definition) is 6. The first kappa shape index (κ1) is 17.6. The van der Waals surface area contributed by atoms with E-state index in [9.17, 15) is 19.1 Å². The third-order valence-corrected chi connectivity index (χ3v) is 4.29. The molecule has 2 N–H and O–H groups in total. The van der Waals surface area contributed by atoms with Gasteiger partial charge in [0.05, 0.1) is 24.2 Å². The predicted molar refractivity (Wildman–Crippen MR) is 86.8 cm³/mol. The first-order valence-electron chi connectivity index (χ1n) is 6.71. The van der Waals surface area contributed by atoms with E-state index in [4.69, 9.17) is 5.11 Å². The number of benzene rings is 2. The monoisotopic (exact) mass is 350 g/mol. The van der Waals surface area contributed by atoms with E-state index >= 15 is 0 Å². The highest BCUT2D eigenvalue weighted by Crippen LogP contribution is 2.25. The molecular weight excluding hydrogens is 336 g/mol. The van der Waals surface area contributed by atoms with Crippen molar-refractivity contribution in [3.63, 3.8) is 0 Å². The molecule has 0 saturated carbocycles. The molecule has 9 heteroatoms. The lowest BCUT2D eigenvalue weighted by Crippen LogP contribution is -2.09. The molecule has 0 fully saturated rings. The molecule has 0 bridgehead atoms. The fourth-order valence-electron chi connectivity index (χ4n) is 1.90. The zero-order chi connectivity index (χ0) is 17.7. The summed E-state index contributed by atoms with van der Waals surface area (Å²) in [5.74, 6) is -0.719. The zero-order valence-electron chi connectivity index (χ0n) is 12.6. The molecular formula is C15H14N2O6S. The number of nitro groups is 1. The van der Waals surface area contributed by atoms with E-state index in [1.165, 1.54) is 12.1 Å². The van der Waals surface area contributed by atoms with Gasteiger partial charge in [0.15, 0.2) is 11.0 Å². The Morgan fingerprint density at radius 2 is 1.96 bits per heavy atom. The largest absolute Gasteiger partial charge is 0.465 e. The van der Waals surface area contributed by atoms with Crippen molar-refractivity contribution < 1.29 is 23.8 Å². The van der Waals surface area contributed by atoms with Gasteiger partial charge < -0.3 is 14.6 Å². The second-order valence-electron chi connectivity index (χ2n) is 4.66. The number of hydrogen-bond donors (Lipinski definition) is 2. The van der Waals surface area contributed by atoms with Crippen LogP contribution in [0.5, 0.6) is 0 Å². The van der Waals surface area contributed by atoms with Crippen LogP contribution in [0.4, 0.5) is 11.4 Å². The van der Waals surface area contributed by atoms with E-state index < -0.39 is 27.6 Å². The highest BCUT2D eigenvalue weighted by Gasteiger charge is 2.22. The molecule has 2 aromatic rings. The van der Waals surface area contributed by atoms with Gasteiger partial charge in [0.2, 0.25) is 0 Å². The number of ether oxygens (including phenoxy) is 1. The van der Waals surface area contributed by atoms with Crippen molar-refractivity contribution in [2.24, 2.45) is 0 Å². The van der Waals surface area contributed by atoms with Crippen LogP contribution in [0.15, 0.2) is 47.4 Å². The summed E-state index contributed by atoms with van der Waals surface area (Å²) >= 11 is 0. The summed E-state index contributed by atoms with van der Waals surface area (Å²) in [5, 5.41) is 20.2. The van der Waals surface area contributed by atoms with Crippen molar-refractivity contribution >= 4 is 28.3 Å². The van der Waals surface area contributed by atoms with E-state index in [0.29, 0.717) is 11.3 Å². The van der Waals surface area contributed by atoms with Crippen molar-refractivity contribution in [2.75, 3.05) is 11.8 Å². The van der Waals surface area contributed by atoms with Crippen LogP contribution in [-0.2, 0) is 22.3 Å². The van der Waals surface area contributed by atoms with Crippen LogP contribution < -0.4 is 4.72 Å². The minimum Gasteiger partial charge on any atom is -0.465 e. The van der Waals surface area contributed by atoms with E-state index in [0.717, 1.165) is 13.2 Å². The third-order valence-electron chi connectivity index (χ3n) is 3.12. The van der Waals surface area contributed by atoms with Crippen LogP contribution in [0.3, 0.4) is 0 Å². The van der Waals surface area contributed by atoms with Gasteiger partial charge in [-0.1, -0.05) is 12.1 Å². The zero-order valence-corrected chi connectivity index (χ0v) is 13.4. The number of esters is 1. The molecule has 0 aliphatic carbocycles. The Kier molecular flexibility index (Phi) is 5.61. The molecule has 126 valence electrons. The number of anilines is 1. The quantitative estimate of drug-likeness (QED) is 0.467. The summed E-state index contributed by atoms with van der Waals surface area (Å²) < 4.78 is 19.5. The fourth-order valence-corrected chi connectivity index (χ4v) is 2.88. The average molecular weight is 350 g/mol. The SMILES string of the molecule is COC(=O)c1ccc(S(=O)Nc2ccc(CO)cc2)c([N+](=O)[O-])c1. The maximum Gasteiger partial charge on any atom is 0.338 e. The number of nitro benzene ring substituents is 1. The van der Waals surface area contributed by atoms with Crippen LogP contribution in [0.25, 0.3) is 0 Å². The Labute approximate surface area is 139 Å².